The first kappa shape index (κ1) is 25.3. The Morgan fingerprint density at radius 2 is 1.89 bits per heavy atom. The number of fused-ring (bicyclic) bond motifs is 1. The summed E-state index contributed by atoms with van der Waals surface area (Å²) in [5, 5.41) is 0. The molecule has 9 nitrogen and oxygen atoms in total. The standard InChI is InChI=1S/C25H31F2N7O2/c1-15-12-33-13-16(9-19(27)22(33)30-15)20(28)31-21-18(26)10-17(11-29-21)32-7-8-34(25(5,6)14-32)23(35)36-24(2,3)4/h9-13H,7-8,14H2,1-6H3,(H2,28,29,31). The van der Waals surface area contributed by atoms with Gasteiger partial charge in [0.2, 0.25) is 0 Å². The van der Waals surface area contributed by atoms with E-state index >= 15 is 0 Å². The Labute approximate surface area is 208 Å². The van der Waals surface area contributed by atoms with Gasteiger partial charge >= 0.3 is 6.09 Å². The molecule has 2 N–H and O–H groups in total. The zero-order valence-electron chi connectivity index (χ0n) is 21.3. The smallest absolute Gasteiger partial charge is 0.410 e. The average molecular weight is 500 g/mol. The van der Waals surface area contributed by atoms with Crippen LogP contribution in [-0.4, -0.2) is 62.0 Å². The lowest BCUT2D eigenvalue weighted by Crippen LogP contribution is -2.61. The lowest BCUT2D eigenvalue weighted by atomic mass is 9.99. The minimum Gasteiger partial charge on any atom is -0.444 e. The zero-order valence-corrected chi connectivity index (χ0v) is 21.3. The highest BCUT2D eigenvalue weighted by Gasteiger charge is 2.39. The predicted octanol–water partition coefficient (Wildman–Crippen LogP) is 4.19. The fraction of sp³-hybridized carbons (Fsp3) is 0.440. The number of aryl methyl sites for hydroxylation is 1. The van der Waals surface area contributed by atoms with Crippen LogP contribution in [0, 0.1) is 18.6 Å². The molecule has 0 saturated carbocycles. The van der Waals surface area contributed by atoms with Crippen LogP contribution in [0.2, 0.25) is 0 Å². The van der Waals surface area contributed by atoms with Gasteiger partial charge in [0.15, 0.2) is 23.1 Å². The summed E-state index contributed by atoms with van der Waals surface area (Å²) in [6.45, 7) is 12.5. The number of nitrogens with two attached hydrogens (primary N) is 1. The lowest BCUT2D eigenvalue weighted by molar-refractivity contribution is 0.000365. The summed E-state index contributed by atoms with van der Waals surface area (Å²) in [5.74, 6) is -1.50. The van der Waals surface area contributed by atoms with E-state index in [1.165, 1.54) is 22.7 Å². The van der Waals surface area contributed by atoms with E-state index in [9.17, 15) is 13.6 Å². The molecule has 0 unspecified atom stereocenters. The Balaban J connectivity index is 1.52. The maximum atomic E-state index is 15.0. The molecule has 1 saturated heterocycles. The van der Waals surface area contributed by atoms with E-state index in [1.54, 1.807) is 24.2 Å². The fourth-order valence-corrected chi connectivity index (χ4v) is 4.20. The summed E-state index contributed by atoms with van der Waals surface area (Å²) in [7, 11) is 0. The molecule has 3 aromatic heterocycles. The van der Waals surface area contributed by atoms with Gasteiger partial charge in [0, 0.05) is 43.7 Å². The van der Waals surface area contributed by atoms with E-state index in [0.717, 1.165) is 0 Å². The first-order chi connectivity index (χ1) is 16.7. The fourth-order valence-electron chi connectivity index (χ4n) is 4.20. The van der Waals surface area contributed by atoms with E-state index in [4.69, 9.17) is 10.5 Å². The molecule has 0 bridgehead atoms. The highest BCUT2D eigenvalue weighted by Crippen LogP contribution is 2.29. The van der Waals surface area contributed by atoms with E-state index in [2.05, 4.69) is 15.0 Å². The molecule has 0 spiro atoms. The van der Waals surface area contributed by atoms with Crippen molar-refractivity contribution in [2.75, 3.05) is 24.5 Å². The van der Waals surface area contributed by atoms with Crippen LogP contribution in [0.25, 0.3) is 5.65 Å². The minimum atomic E-state index is -0.664. The van der Waals surface area contributed by atoms with Gasteiger partial charge in [-0.15, -0.1) is 0 Å². The Morgan fingerprint density at radius 3 is 2.53 bits per heavy atom. The number of hydrogen-bond acceptors (Lipinski definition) is 6. The van der Waals surface area contributed by atoms with Crippen molar-refractivity contribution in [3.05, 3.63) is 53.6 Å². The molecule has 0 atom stereocenters. The number of anilines is 1. The largest absolute Gasteiger partial charge is 0.444 e. The molecule has 1 aliphatic rings. The number of amides is 1. The van der Waals surface area contributed by atoms with E-state index in [-0.39, 0.29) is 29.0 Å². The lowest BCUT2D eigenvalue weighted by Gasteiger charge is -2.47. The number of ether oxygens (including phenoxy) is 1. The normalized spacial score (nSPS) is 16.5. The molecule has 0 aromatic carbocycles. The van der Waals surface area contributed by atoms with Gasteiger partial charge in [-0.3, -0.25) is 4.90 Å². The van der Waals surface area contributed by atoms with Crippen molar-refractivity contribution >= 4 is 29.1 Å². The van der Waals surface area contributed by atoms with Gasteiger partial charge in [0.05, 0.1) is 23.1 Å². The zero-order chi connectivity index (χ0) is 26.4. The average Bonchev–Trinajstić information content (AvgIpc) is 3.13. The number of nitrogens with zero attached hydrogens (tertiary/aromatic N) is 6. The molecular weight excluding hydrogens is 468 g/mol. The number of halogens is 2. The SMILES string of the molecule is Cc1cn2cc(/C(N)=N/c3ncc(N4CCN(C(=O)OC(C)(C)C)C(C)(C)C4)cc3F)cc(F)c2n1. The third-order valence-electron chi connectivity index (χ3n) is 5.84. The van der Waals surface area contributed by atoms with Crippen molar-refractivity contribution in [2.24, 2.45) is 10.7 Å². The van der Waals surface area contributed by atoms with Crippen LogP contribution < -0.4 is 10.6 Å². The second kappa shape index (κ2) is 9.03. The maximum Gasteiger partial charge on any atom is 0.410 e. The third-order valence-corrected chi connectivity index (χ3v) is 5.84. The van der Waals surface area contributed by atoms with Crippen molar-refractivity contribution < 1.29 is 18.3 Å². The molecule has 1 aliphatic heterocycles. The first-order valence-corrected chi connectivity index (χ1v) is 11.6. The van der Waals surface area contributed by atoms with Crippen molar-refractivity contribution in [1.82, 2.24) is 19.3 Å². The number of aromatic nitrogens is 3. The summed E-state index contributed by atoms with van der Waals surface area (Å²) < 4.78 is 36.4. The molecule has 4 rings (SSSR count). The highest BCUT2D eigenvalue weighted by atomic mass is 19.1. The second-order valence-electron chi connectivity index (χ2n) is 10.6. The van der Waals surface area contributed by atoms with Gasteiger partial charge in [-0.05, 0) is 47.6 Å². The molecule has 0 aliphatic carbocycles. The van der Waals surface area contributed by atoms with Crippen LogP contribution in [0.4, 0.5) is 25.1 Å². The van der Waals surface area contributed by atoms with Crippen molar-refractivity contribution in [3.8, 4) is 0 Å². The first-order valence-electron chi connectivity index (χ1n) is 11.6. The number of rotatable bonds is 3. The van der Waals surface area contributed by atoms with Crippen molar-refractivity contribution in [1.29, 1.82) is 0 Å². The number of carbonyl (C=O) groups excluding carboxylic acids is 1. The summed E-state index contributed by atoms with van der Waals surface area (Å²) in [6.07, 6.45) is 4.37. The van der Waals surface area contributed by atoms with Gasteiger partial charge in [-0.2, -0.15) is 0 Å². The topological polar surface area (TPSA) is 101 Å². The Bertz CT molecular complexity index is 1340. The minimum absolute atomic E-state index is 0.0755. The number of carbonyl (C=O) groups is 1. The number of amidine groups is 1. The molecular formula is C25H31F2N7O2. The number of pyridine rings is 2. The Kier molecular flexibility index (Phi) is 6.36. The summed E-state index contributed by atoms with van der Waals surface area (Å²) in [4.78, 5) is 28.6. The van der Waals surface area contributed by atoms with Gasteiger partial charge in [0.1, 0.15) is 11.4 Å². The highest BCUT2D eigenvalue weighted by molar-refractivity contribution is 5.98. The van der Waals surface area contributed by atoms with Crippen LogP contribution in [0.1, 0.15) is 45.9 Å². The van der Waals surface area contributed by atoms with E-state index < -0.39 is 22.8 Å². The van der Waals surface area contributed by atoms with Crippen LogP contribution in [-0.2, 0) is 4.74 Å². The van der Waals surface area contributed by atoms with Gasteiger partial charge in [-0.1, -0.05) is 0 Å². The molecule has 0 radical (unpaired) electrons. The molecule has 11 heteroatoms. The van der Waals surface area contributed by atoms with Crippen LogP contribution in [0.5, 0.6) is 0 Å². The monoisotopic (exact) mass is 499 g/mol. The second-order valence-corrected chi connectivity index (χ2v) is 10.6. The quantitative estimate of drug-likeness (QED) is 0.428. The summed E-state index contributed by atoms with van der Waals surface area (Å²) in [5.41, 5.74) is 6.57. The van der Waals surface area contributed by atoms with Crippen LogP contribution >= 0.6 is 0 Å². The predicted molar refractivity (Wildman–Crippen MR) is 134 cm³/mol. The number of hydrogen-bond donors (Lipinski definition) is 1. The molecule has 192 valence electrons. The third kappa shape index (κ3) is 5.24. The van der Waals surface area contributed by atoms with Crippen molar-refractivity contribution in [3.63, 3.8) is 0 Å². The summed E-state index contributed by atoms with van der Waals surface area (Å²) in [6, 6.07) is 2.54. The van der Waals surface area contributed by atoms with E-state index in [0.29, 0.717) is 31.0 Å². The Hall–Kier alpha value is -3.76. The molecule has 36 heavy (non-hydrogen) atoms. The Morgan fingerprint density at radius 1 is 1.17 bits per heavy atom. The van der Waals surface area contributed by atoms with E-state index in [1.807, 2.05) is 39.5 Å². The number of aliphatic imine (C=N–C) groups is 1. The van der Waals surface area contributed by atoms with Crippen molar-refractivity contribution in [2.45, 2.75) is 52.7 Å². The molecule has 1 amide bonds. The summed E-state index contributed by atoms with van der Waals surface area (Å²) >= 11 is 0. The van der Waals surface area contributed by atoms with Gasteiger partial charge < -0.3 is 19.8 Å². The number of piperazine rings is 1. The maximum absolute atomic E-state index is 15.0. The van der Waals surface area contributed by atoms with Gasteiger partial charge in [0.25, 0.3) is 0 Å². The van der Waals surface area contributed by atoms with Gasteiger partial charge in [-0.25, -0.2) is 28.5 Å². The number of imidazole rings is 1. The van der Waals surface area contributed by atoms with Crippen LogP contribution in [0.3, 0.4) is 0 Å². The molecule has 3 aromatic rings. The molecule has 4 heterocycles. The van der Waals surface area contributed by atoms with Crippen LogP contribution in [0.15, 0.2) is 35.7 Å². The molecule has 1 fully saturated rings.